The van der Waals surface area contributed by atoms with Gasteiger partial charge in [0.25, 0.3) is 0 Å². The second kappa shape index (κ2) is 4.68. The summed E-state index contributed by atoms with van der Waals surface area (Å²) >= 11 is 5.08. The number of anilines is 2. The summed E-state index contributed by atoms with van der Waals surface area (Å²) in [5, 5.41) is 7.50. The molecule has 0 atom stereocenters. The number of nitrogen functional groups attached to an aromatic ring is 1. The first kappa shape index (κ1) is 10.5. The molecule has 2 aromatic rings. The lowest BCUT2D eigenvalue weighted by molar-refractivity contribution is 1.16. The van der Waals surface area contributed by atoms with Gasteiger partial charge in [0, 0.05) is 11.0 Å². The molecule has 78 valence electrons. The van der Waals surface area contributed by atoms with E-state index in [1.54, 1.807) is 11.3 Å². The lowest BCUT2D eigenvalue weighted by Gasteiger charge is -2.08. The average Bonchev–Trinajstić information content (AvgIpc) is 2.69. The van der Waals surface area contributed by atoms with Crippen molar-refractivity contribution in [1.29, 1.82) is 0 Å². The van der Waals surface area contributed by atoms with Crippen molar-refractivity contribution >= 4 is 38.6 Å². The van der Waals surface area contributed by atoms with Crippen molar-refractivity contribution in [2.24, 2.45) is 0 Å². The van der Waals surface area contributed by atoms with Crippen molar-refractivity contribution in [2.75, 3.05) is 11.1 Å². The van der Waals surface area contributed by atoms with Gasteiger partial charge in [-0.3, -0.25) is 0 Å². The molecule has 15 heavy (non-hydrogen) atoms. The molecule has 0 saturated heterocycles. The fraction of sp³-hybridized carbons (Fsp3) is 0.0909. The highest BCUT2D eigenvalue weighted by atomic mass is 79.9. The quantitative estimate of drug-likeness (QED) is 0.843. The Morgan fingerprint density at radius 1 is 1.33 bits per heavy atom. The van der Waals surface area contributed by atoms with Crippen LogP contribution in [0.5, 0.6) is 0 Å². The van der Waals surface area contributed by atoms with E-state index >= 15 is 0 Å². The van der Waals surface area contributed by atoms with Gasteiger partial charge < -0.3 is 11.1 Å². The zero-order chi connectivity index (χ0) is 10.7. The van der Waals surface area contributed by atoms with Crippen molar-refractivity contribution in [3.05, 3.63) is 45.1 Å². The maximum atomic E-state index is 5.87. The Bertz CT molecular complexity index is 440. The number of halogens is 1. The minimum atomic E-state index is 0.764. The summed E-state index contributed by atoms with van der Waals surface area (Å²) < 4.78 is 1.00. The summed E-state index contributed by atoms with van der Waals surface area (Å²) in [7, 11) is 0. The van der Waals surface area contributed by atoms with Gasteiger partial charge >= 0.3 is 0 Å². The van der Waals surface area contributed by atoms with Crippen molar-refractivity contribution in [2.45, 2.75) is 6.54 Å². The van der Waals surface area contributed by atoms with Crippen molar-refractivity contribution in [3.63, 3.8) is 0 Å². The van der Waals surface area contributed by atoms with Crippen LogP contribution in [0.25, 0.3) is 0 Å². The largest absolute Gasteiger partial charge is 0.397 e. The van der Waals surface area contributed by atoms with Gasteiger partial charge in [0.05, 0.1) is 11.4 Å². The molecule has 4 heteroatoms. The fourth-order valence-corrected chi connectivity index (χ4v) is 2.33. The minimum Gasteiger partial charge on any atom is -0.397 e. The van der Waals surface area contributed by atoms with Crippen LogP contribution in [0.2, 0.25) is 0 Å². The van der Waals surface area contributed by atoms with Gasteiger partial charge in [-0.05, 0) is 40.6 Å². The highest BCUT2D eigenvalue weighted by molar-refractivity contribution is 9.10. The number of thiophene rings is 1. The third kappa shape index (κ3) is 2.73. The van der Waals surface area contributed by atoms with E-state index in [0.717, 1.165) is 22.4 Å². The van der Waals surface area contributed by atoms with Crippen LogP contribution in [0, 0.1) is 0 Å². The predicted molar refractivity (Wildman–Crippen MR) is 70.2 cm³/mol. The first-order chi connectivity index (χ1) is 7.25. The smallest absolute Gasteiger partial charge is 0.0577 e. The summed E-state index contributed by atoms with van der Waals surface area (Å²) in [5.41, 5.74) is 8.89. The Balaban J connectivity index is 2.05. The SMILES string of the molecule is Nc1cc(Br)ccc1NCc1ccsc1. The molecule has 0 aliphatic heterocycles. The zero-order valence-corrected chi connectivity index (χ0v) is 10.4. The van der Waals surface area contributed by atoms with Gasteiger partial charge in [0.15, 0.2) is 0 Å². The Morgan fingerprint density at radius 3 is 2.87 bits per heavy atom. The highest BCUT2D eigenvalue weighted by Gasteiger charge is 1.99. The van der Waals surface area contributed by atoms with Gasteiger partial charge in [0.2, 0.25) is 0 Å². The number of rotatable bonds is 3. The van der Waals surface area contributed by atoms with E-state index in [-0.39, 0.29) is 0 Å². The van der Waals surface area contributed by atoms with E-state index in [4.69, 9.17) is 5.73 Å². The monoisotopic (exact) mass is 282 g/mol. The number of hydrogen-bond acceptors (Lipinski definition) is 3. The summed E-state index contributed by atoms with van der Waals surface area (Å²) in [5.74, 6) is 0. The molecule has 1 heterocycles. The van der Waals surface area contributed by atoms with E-state index < -0.39 is 0 Å². The van der Waals surface area contributed by atoms with Crippen LogP contribution < -0.4 is 11.1 Å². The van der Waals surface area contributed by atoms with E-state index in [1.807, 2.05) is 18.2 Å². The normalized spacial score (nSPS) is 10.2. The van der Waals surface area contributed by atoms with Crippen molar-refractivity contribution < 1.29 is 0 Å². The van der Waals surface area contributed by atoms with Gasteiger partial charge in [-0.2, -0.15) is 11.3 Å². The lowest BCUT2D eigenvalue weighted by Crippen LogP contribution is -2.01. The molecule has 0 unspecified atom stereocenters. The average molecular weight is 283 g/mol. The molecule has 2 nitrogen and oxygen atoms in total. The van der Waals surface area contributed by atoms with E-state index in [0.29, 0.717) is 0 Å². The molecule has 0 aliphatic rings. The Labute approximate surface area is 101 Å². The maximum Gasteiger partial charge on any atom is 0.0577 e. The van der Waals surface area contributed by atoms with Gasteiger partial charge in [0.1, 0.15) is 0 Å². The van der Waals surface area contributed by atoms with E-state index in [9.17, 15) is 0 Å². The third-order valence-electron chi connectivity index (χ3n) is 2.08. The molecular formula is C11H11BrN2S. The topological polar surface area (TPSA) is 38.0 Å². The number of hydrogen-bond donors (Lipinski definition) is 2. The van der Waals surface area contributed by atoms with E-state index in [1.165, 1.54) is 5.56 Å². The molecule has 0 saturated carbocycles. The van der Waals surface area contributed by atoms with Gasteiger partial charge in [-0.25, -0.2) is 0 Å². The molecular weight excluding hydrogens is 272 g/mol. The van der Waals surface area contributed by atoms with Crippen LogP contribution in [0.3, 0.4) is 0 Å². The van der Waals surface area contributed by atoms with Crippen LogP contribution in [-0.2, 0) is 6.54 Å². The Morgan fingerprint density at radius 2 is 2.20 bits per heavy atom. The molecule has 0 radical (unpaired) electrons. The van der Waals surface area contributed by atoms with Gasteiger partial charge in [-0.15, -0.1) is 0 Å². The molecule has 0 aliphatic carbocycles. The van der Waals surface area contributed by atoms with Crippen LogP contribution in [-0.4, -0.2) is 0 Å². The summed E-state index contributed by atoms with van der Waals surface area (Å²) in [4.78, 5) is 0. The minimum absolute atomic E-state index is 0.764. The molecule has 2 rings (SSSR count). The second-order valence-corrected chi connectivity index (χ2v) is 4.91. The number of nitrogens with one attached hydrogen (secondary N) is 1. The van der Waals surface area contributed by atoms with Crippen LogP contribution in [0.15, 0.2) is 39.5 Å². The molecule has 0 fully saturated rings. The standard InChI is InChI=1S/C11H11BrN2S/c12-9-1-2-11(10(13)5-9)14-6-8-3-4-15-7-8/h1-5,7,14H,6,13H2. The van der Waals surface area contributed by atoms with Crippen molar-refractivity contribution in [1.82, 2.24) is 0 Å². The molecule has 1 aromatic carbocycles. The molecule has 0 spiro atoms. The van der Waals surface area contributed by atoms with E-state index in [2.05, 4.69) is 38.1 Å². The number of benzene rings is 1. The fourth-order valence-electron chi connectivity index (χ4n) is 1.29. The maximum absolute atomic E-state index is 5.87. The zero-order valence-electron chi connectivity index (χ0n) is 8.03. The molecule has 3 N–H and O–H groups in total. The number of nitrogens with two attached hydrogens (primary N) is 1. The predicted octanol–water partition coefficient (Wildman–Crippen LogP) is 3.70. The third-order valence-corrected chi connectivity index (χ3v) is 3.30. The van der Waals surface area contributed by atoms with Crippen molar-refractivity contribution in [3.8, 4) is 0 Å². The Kier molecular flexibility index (Phi) is 3.28. The molecule has 1 aromatic heterocycles. The lowest BCUT2D eigenvalue weighted by atomic mass is 10.2. The summed E-state index contributed by atoms with van der Waals surface area (Å²) in [6.45, 7) is 0.815. The van der Waals surface area contributed by atoms with Crippen LogP contribution in [0.4, 0.5) is 11.4 Å². The second-order valence-electron chi connectivity index (χ2n) is 3.22. The highest BCUT2D eigenvalue weighted by Crippen LogP contribution is 2.23. The first-order valence-corrected chi connectivity index (χ1v) is 6.29. The van der Waals surface area contributed by atoms with Crippen LogP contribution >= 0.6 is 27.3 Å². The summed E-state index contributed by atoms with van der Waals surface area (Å²) in [6, 6.07) is 7.96. The summed E-state index contributed by atoms with van der Waals surface area (Å²) in [6.07, 6.45) is 0. The van der Waals surface area contributed by atoms with Gasteiger partial charge in [-0.1, -0.05) is 15.9 Å². The molecule has 0 bridgehead atoms. The van der Waals surface area contributed by atoms with Crippen LogP contribution in [0.1, 0.15) is 5.56 Å². The first-order valence-electron chi connectivity index (χ1n) is 4.55. The Hall–Kier alpha value is -1.00. The molecule has 0 amide bonds.